The number of nitrogens with one attached hydrogen (secondary N) is 1. The molecular weight excluding hydrogens is 485 g/mol. The number of fused-ring (bicyclic) bond motifs is 1. The van der Waals surface area contributed by atoms with Gasteiger partial charge in [-0.25, -0.2) is 20.0 Å². The Morgan fingerprint density at radius 1 is 1.33 bits per heavy atom. The summed E-state index contributed by atoms with van der Waals surface area (Å²) in [5.41, 5.74) is 5.87. The summed E-state index contributed by atoms with van der Waals surface area (Å²) >= 11 is 0. The lowest BCUT2D eigenvalue weighted by Crippen LogP contribution is -2.47. The van der Waals surface area contributed by atoms with Crippen molar-refractivity contribution in [3.05, 3.63) is 42.5 Å². The molecule has 13 heteroatoms. The number of carbonyl (C=O) groups is 1. The monoisotopic (exact) mass is 515 g/mol. The Hall–Kier alpha value is -3.52. The maximum absolute atomic E-state index is 13.9. The zero-order chi connectivity index (χ0) is 26.3. The molecule has 0 radical (unpaired) electrons. The number of benzene rings is 1. The Bertz CT molecular complexity index is 1300. The lowest BCUT2D eigenvalue weighted by Gasteiger charge is -2.30. The molecule has 3 rings (SSSR count). The fourth-order valence-corrected chi connectivity index (χ4v) is 5.32. The molecule has 0 aliphatic heterocycles. The third kappa shape index (κ3) is 6.79. The maximum Gasteiger partial charge on any atom is 0.342 e. The van der Waals surface area contributed by atoms with E-state index >= 15 is 0 Å². The predicted octanol–water partition coefficient (Wildman–Crippen LogP) is 3.24. The molecule has 3 N–H and O–H groups in total. The number of nitrogens with two attached hydrogens (primary N) is 1. The van der Waals surface area contributed by atoms with Crippen molar-refractivity contribution < 1.29 is 23.4 Å². The van der Waals surface area contributed by atoms with Gasteiger partial charge in [-0.15, -0.1) is 0 Å². The van der Waals surface area contributed by atoms with E-state index in [1.165, 1.54) is 12.4 Å². The Morgan fingerprint density at radius 2 is 2.11 bits per heavy atom. The average molecular weight is 516 g/mol. The molecule has 2 heterocycles. The summed E-state index contributed by atoms with van der Waals surface area (Å²) in [6.07, 6.45) is 2.76. The molecule has 0 saturated heterocycles. The minimum Gasteiger partial charge on any atom is -0.464 e. The standard InChI is InChI=1S/C23H30N7O5P/c1-5-9-33-22(31)23(3,4)29-36(32,35-18-8-6-7-17(10-18)11-24)15-34-16(2)12-30-14-28-19-20(25)26-13-27-21(19)30/h6-8,10,13-14,16H,5,9,12,15H2,1-4H3,(H,29,32)(H2,25,26,27). The number of nitrogen functional groups attached to an aromatic ring is 1. The normalized spacial score (nSPS) is 14.1. The van der Waals surface area contributed by atoms with Crippen LogP contribution < -0.4 is 15.3 Å². The van der Waals surface area contributed by atoms with Crippen molar-refractivity contribution in [3.8, 4) is 11.8 Å². The van der Waals surface area contributed by atoms with E-state index in [0.717, 1.165) is 0 Å². The Morgan fingerprint density at radius 3 is 2.83 bits per heavy atom. The van der Waals surface area contributed by atoms with Gasteiger partial charge >= 0.3 is 13.5 Å². The second-order valence-corrected chi connectivity index (χ2v) is 10.7. The fourth-order valence-electron chi connectivity index (χ4n) is 3.31. The zero-order valence-electron chi connectivity index (χ0n) is 20.7. The summed E-state index contributed by atoms with van der Waals surface area (Å²) in [5, 5.41) is 12.0. The van der Waals surface area contributed by atoms with Crippen LogP contribution in [0.1, 0.15) is 39.7 Å². The highest BCUT2D eigenvalue weighted by molar-refractivity contribution is 7.57. The molecule has 0 fully saturated rings. The van der Waals surface area contributed by atoms with Gasteiger partial charge in [0, 0.05) is 0 Å². The number of aromatic nitrogens is 4. The Kier molecular flexibility index (Phi) is 8.63. The van der Waals surface area contributed by atoms with Crippen LogP contribution in [0, 0.1) is 11.3 Å². The van der Waals surface area contributed by atoms with Crippen molar-refractivity contribution in [2.75, 3.05) is 18.7 Å². The number of carbonyl (C=O) groups excluding carboxylic acids is 1. The van der Waals surface area contributed by atoms with Crippen molar-refractivity contribution in [2.45, 2.75) is 52.3 Å². The minimum atomic E-state index is -3.83. The molecule has 2 unspecified atom stereocenters. The molecule has 1 aromatic carbocycles. The van der Waals surface area contributed by atoms with E-state index in [-0.39, 0.29) is 24.5 Å². The summed E-state index contributed by atoms with van der Waals surface area (Å²) in [6.45, 7) is 7.34. The first-order valence-corrected chi connectivity index (χ1v) is 13.2. The second-order valence-electron chi connectivity index (χ2n) is 8.71. The first-order valence-electron chi connectivity index (χ1n) is 11.4. The number of nitrogens with zero attached hydrogens (tertiary/aromatic N) is 5. The van der Waals surface area contributed by atoms with E-state index < -0.39 is 25.1 Å². The van der Waals surface area contributed by atoms with Crippen molar-refractivity contribution >= 4 is 30.5 Å². The molecule has 192 valence electrons. The Labute approximate surface area is 209 Å². The topological polar surface area (TPSA) is 167 Å². The van der Waals surface area contributed by atoms with Crippen molar-refractivity contribution in [2.24, 2.45) is 0 Å². The van der Waals surface area contributed by atoms with E-state index in [1.807, 2.05) is 13.0 Å². The molecule has 0 aliphatic carbocycles. The maximum atomic E-state index is 13.9. The number of ether oxygens (including phenoxy) is 2. The van der Waals surface area contributed by atoms with Gasteiger partial charge in [0.2, 0.25) is 0 Å². The fraction of sp³-hybridized carbons (Fsp3) is 0.435. The van der Waals surface area contributed by atoms with Crippen LogP contribution >= 0.6 is 7.52 Å². The highest BCUT2D eigenvalue weighted by Crippen LogP contribution is 2.45. The average Bonchev–Trinajstić information content (AvgIpc) is 3.25. The van der Waals surface area contributed by atoms with Gasteiger partial charge in [-0.2, -0.15) is 5.26 Å². The predicted molar refractivity (Wildman–Crippen MR) is 133 cm³/mol. The molecule has 0 aliphatic rings. The van der Waals surface area contributed by atoms with Gasteiger partial charge in [-0.05, 0) is 45.4 Å². The summed E-state index contributed by atoms with van der Waals surface area (Å²) in [6, 6.07) is 8.26. The largest absolute Gasteiger partial charge is 0.464 e. The number of rotatable bonds is 12. The Balaban J connectivity index is 1.77. The molecule has 3 aromatic rings. The van der Waals surface area contributed by atoms with Gasteiger partial charge in [-0.1, -0.05) is 13.0 Å². The quantitative estimate of drug-likeness (QED) is 0.268. The van der Waals surface area contributed by atoms with E-state index in [2.05, 4.69) is 20.0 Å². The van der Waals surface area contributed by atoms with E-state index in [0.29, 0.717) is 29.7 Å². The summed E-state index contributed by atoms with van der Waals surface area (Å²) in [5.74, 6) is -0.105. The smallest absolute Gasteiger partial charge is 0.342 e. The molecule has 0 bridgehead atoms. The SMILES string of the molecule is CCCOC(=O)C(C)(C)NP(=O)(COC(C)Cn1cnc2c(N)ncnc21)Oc1cccc(C#N)c1. The lowest BCUT2D eigenvalue weighted by atomic mass is 10.1. The first kappa shape index (κ1) is 27.1. The van der Waals surface area contributed by atoms with E-state index in [4.69, 9.17) is 19.7 Å². The van der Waals surface area contributed by atoms with Gasteiger partial charge < -0.3 is 24.3 Å². The van der Waals surface area contributed by atoms with Crippen LogP contribution in [0.2, 0.25) is 0 Å². The molecule has 0 saturated carbocycles. The highest BCUT2D eigenvalue weighted by Gasteiger charge is 2.39. The molecule has 36 heavy (non-hydrogen) atoms. The van der Waals surface area contributed by atoms with Crippen molar-refractivity contribution in [1.82, 2.24) is 24.6 Å². The molecule has 2 atom stereocenters. The molecule has 2 aromatic heterocycles. The minimum absolute atomic E-state index is 0.201. The third-order valence-electron chi connectivity index (χ3n) is 5.03. The number of hydrogen-bond acceptors (Lipinski definition) is 10. The zero-order valence-corrected chi connectivity index (χ0v) is 21.6. The number of imidazole rings is 1. The number of esters is 1. The molecule has 0 spiro atoms. The number of anilines is 1. The van der Waals surface area contributed by atoms with Crippen LogP contribution in [0.3, 0.4) is 0 Å². The van der Waals surface area contributed by atoms with Gasteiger partial charge in [0.05, 0.1) is 37.2 Å². The van der Waals surface area contributed by atoms with Crippen LogP contribution in [0.5, 0.6) is 5.75 Å². The highest BCUT2D eigenvalue weighted by atomic mass is 31.2. The van der Waals surface area contributed by atoms with Crippen LogP contribution in [0.15, 0.2) is 36.9 Å². The molecular formula is C23H30N7O5P. The van der Waals surface area contributed by atoms with E-state index in [9.17, 15) is 14.6 Å². The third-order valence-corrected chi connectivity index (χ3v) is 6.92. The van der Waals surface area contributed by atoms with Gasteiger partial charge in [0.15, 0.2) is 11.5 Å². The summed E-state index contributed by atoms with van der Waals surface area (Å²) in [7, 11) is -3.83. The number of nitriles is 1. The number of hydrogen-bond donors (Lipinski definition) is 2. The van der Waals surface area contributed by atoms with Gasteiger partial charge in [-0.3, -0.25) is 9.36 Å². The first-order chi connectivity index (χ1) is 17.1. The van der Waals surface area contributed by atoms with Crippen LogP contribution in [-0.4, -0.2) is 50.1 Å². The molecule has 0 amide bonds. The van der Waals surface area contributed by atoms with Crippen molar-refractivity contribution in [1.29, 1.82) is 5.26 Å². The second kappa shape index (κ2) is 11.5. The van der Waals surface area contributed by atoms with Crippen LogP contribution in [0.25, 0.3) is 11.2 Å². The lowest BCUT2D eigenvalue weighted by molar-refractivity contribution is -0.149. The van der Waals surface area contributed by atoms with E-state index in [1.54, 1.807) is 49.9 Å². The van der Waals surface area contributed by atoms with Crippen LogP contribution in [0.4, 0.5) is 5.82 Å². The summed E-state index contributed by atoms with van der Waals surface area (Å²) < 4.78 is 32.6. The van der Waals surface area contributed by atoms with Crippen molar-refractivity contribution in [3.63, 3.8) is 0 Å². The van der Waals surface area contributed by atoms with Gasteiger partial charge in [0.25, 0.3) is 0 Å². The van der Waals surface area contributed by atoms with Crippen LogP contribution in [-0.2, 0) is 25.4 Å². The van der Waals surface area contributed by atoms with Gasteiger partial charge in [0.1, 0.15) is 29.5 Å². The summed E-state index contributed by atoms with van der Waals surface area (Å²) in [4.78, 5) is 25.0. The molecule has 12 nitrogen and oxygen atoms in total.